The van der Waals surface area contributed by atoms with E-state index in [2.05, 4.69) is 126 Å². The van der Waals surface area contributed by atoms with Crippen molar-refractivity contribution in [2.75, 3.05) is 0 Å². The summed E-state index contributed by atoms with van der Waals surface area (Å²) >= 11 is 0. The Morgan fingerprint density at radius 3 is 1.41 bits per heavy atom. The van der Waals surface area contributed by atoms with Crippen molar-refractivity contribution in [1.29, 1.82) is 0 Å². The monoisotopic (exact) mass is 716 g/mol. The Labute approximate surface area is 322 Å². The number of para-hydroxylation sites is 1. The van der Waals surface area contributed by atoms with Crippen molar-refractivity contribution in [3.05, 3.63) is 194 Å². The maximum Gasteiger partial charge on any atom is 0.164 e. The highest BCUT2D eigenvalue weighted by atomic mass is 16.3. The van der Waals surface area contributed by atoms with Gasteiger partial charge in [-0.25, -0.2) is 15.0 Å². The first-order chi connectivity index (χ1) is 27.7. The predicted octanol–water partition coefficient (Wildman–Crippen LogP) is 13.2. The number of rotatable bonds is 6. The summed E-state index contributed by atoms with van der Waals surface area (Å²) in [5, 5.41) is 4.39. The van der Waals surface area contributed by atoms with Crippen molar-refractivity contribution in [2.24, 2.45) is 0 Å². The summed E-state index contributed by atoms with van der Waals surface area (Å²) in [4.78, 5) is 15.1. The van der Waals surface area contributed by atoms with Gasteiger partial charge in [0.1, 0.15) is 11.2 Å². The zero-order chi connectivity index (χ0) is 37.0. The lowest BCUT2D eigenvalue weighted by Gasteiger charge is -2.09. The number of nitrogens with zero attached hydrogens (tertiary/aromatic N) is 4. The van der Waals surface area contributed by atoms with Gasteiger partial charge in [0.2, 0.25) is 0 Å². The summed E-state index contributed by atoms with van der Waals surface area (Å²) in [6.07, 6.45) is 0. The Bertz CT molecular complexity index is 3170. The molecular formula is C51H32N4O. The molecule has 262 valence electrons. The van der Waals surface area contributed by atoms with E-state index in [0.717, 1.165) is 61.0 Å². The Balaban J connectivity index is 1.10. The predicted molar refractivity (Wildman–Crippen MR) is 229 cm³/mol. The molecule has 0 saturated carbocycles. The molecule has 0 atom stereocenters. The molecule has 0 aliphatic rings. The molecule has 0 bridgehead atoms. The lowest BCUT2D eigenvalue weighted by atomic mass is 9.98. The molecule has 0 radical (unpaired) electrons. The van der Waals surface area contributed by atoms with Crippen molar-refractivity contribution < 1.29 is 4.42 Å². The van der Waals surface area contributed by atoms with Crippen LogP contribution in [0.15, 0.2) is 199 Å². The van der Waals surface area contributed by atoms with E-state index in [-0.39, 0.29) is 0 Å². The second kappa shape index (κ2) is 13.0. The van der Waals surface area contributed by atoms with E-state index in [1.54, 1.807) is 0 Å². The summed E-state index contributed by atoms with van der Waals surface area (Å²) in [5.41, 5.74) is 12.4. The Morgan fingerprint density at radius 1 is 0.339 bits per heavy atom. The summed E-state index contributed by atoms with van der Waals surface area (Å²) < 4.78 is 8.86. The van der Waals surface area contributed by atoms with Gasteiger partial charge in [0, 0.05) is 43.9 Å². The first-order valence-electron chi connectivity index (χ1n) is 18.8. The van der Waals surface area contributed by atoms with E-state index >= 15 is 0 Å². The van der Waals surface area contributed by atoms with Crippen LogP contribution in [-0.4, -0.2) is 19.5 Å². The SMILES string of the molecule is c1ccc(-c2ccc3c(c2)c2cc(-c4ccc5oc6cccc(-c7nc(-c8ccccc8)nc(-c8ccccc8)n7)c6c5c4)ccc2n3-c2ccccc2)cc1. The highest BCUT2D eigenvalue weighted by Crippen LogP contribution is 2.41. The largest absolute Gasteiger partial charge is 0.456 e. The molecule has 8 aromatic carbocycles. The van der Waals surface area contributed by atoms with E-state index in [9.17, 15) is 0 Å². The number of hydrogen-bond donors (Lipinski definition) is 0. The lowest BCUT2D eigenvalue weighted by molar-refractivity contribution is 0.669. The van der Waals surface area contributed by atoms with Crippen molar-refractivity contribution in [2.45, 2.75) is 0 Å². The van der Waals surface area contributed by atoms with Crippen LogP contribution < -0.4 is 0 Å². The van der Waals surface area contributed by atoms with E-state index in [0.29, 0.717) is 17.5 Å². The minimum Gasteiger partial charge on any atom is -0.456 e. The second-order valence-corrected chi connectivity index (χ2v) is 14.0. The van der Waals surface area contributed by atoms with Crippen molar-refractivity contribution in [1.82, 2.24) is 19.5 Å². The fourth-order valence-electron chi connectivity index (χ4n) is 7.99. The zero-order valence-electron chi connectivity index (χ0n) is 30.2. The van der Waals surface area contributed by atoms with Crippen LogP contribution in [0.25, 0.3) is 106 Å². The molecule has 3 aromatic heterocycles. The van der Waals surface area contributed by atoms with Gasteiger partial charge < -0.3 is 8.98 Å². The molecule has 0 unspecified atom stereocenters. The number of furan rings is 1. The summed E-state index contributed by atoms with van der Waals surface area (Å²) in [6.45, 7) is 0. The maximum absolute atomic E-state index is 6.50. The van der Waals surface area contributed by atoms with Gasteiger partial charge in [0.25, 0.3) is 0 Å². The molecule has 3 heterocycles. The van der Waals surface area contributed by atoms with Crippen LogP contribution in [0.3, 0.4) is 0 Å². The highest BCUT2D eigenvalue weighted by Gasteiger charge is 2.19. The van der Waals surface area contributed by atoms with Crippen LogP contribution >= 0.6 is 0 Å². The number of hydrogen-bond acceptors (Lipinski definition) is 4. The van der Waals surface area contributed by atoms with Gasteiger partial charge in [-0.2, -0.15) is 0 Å². The molecule has 5 heteroatoms. The molecule has 0 saturated heterocycles. The van der Waals surface area contributed by atoms with Crippen molar-refractivity contribution >= 4 is 43.7 Å². The third-order valence-electron chi connectivity index (χ3n) is 10.7. The van der Waals surface area contributed by atoms with Crippen LogP contribution in [-0.2, 0) is 0 Å². The number of benzene rings is 8. The van der Waals surface area contributed by atoms with E-state index in [1.165, 1.54) is 27.4 Å². The quantitative estimate of drug-likeness (QED) is 0.172. The summed E-state index contributed by atoms with van der Waals surface area (Å²) in [6, 6.07) is 67.6. The average Bonchev–Trinajstić information content (AvgIpc) is 3.82. The van der Waals surface area contributed by atoms with E-state index in [1.807, 2.05) is 72.8 Å². The minimum absolute atomic E-state index is 0.598. The fourth-order valence-corrected chi connectivity index (χ4v) is 7.99. The standard InChI is InChI=1S/C51H32N4O/c1-5-14-33(15-6-1)36-24-27-44-41(30-36)42-31-37(25-28-45(42)55(44)39-20-11-4-12-21-39)38-26-29-46-43(32-38)48-40(22-13-23-47(48)56-46)51-53-49(34-16-7-2-8-17-34)52-50(54-51)35-18-9-3-10-19-35/h1-32H. The average molecular weight is 717 g/mol. The fraction of sp³-hybridized carbons (Fsp3) is 0. The van der Waals surface area contributed by atoms with Gasteiger partial charge >= 0.3 is 0 Å². The molecule has 0 aliphatic heterocycles. The first-order valence-corrected chi connectivity index (χ1v) is 18.8. The van der Waals surface area contributed by atoms with E-state index < -0.39 is 0 Å². The summed E-state index contributed by atoms with van der Waals surface area (Å²) in [5.74, 6) is 1.84. The van der Waals surface area contributed by atoms with Gasteiger partial charge in [-0.05, 0) is 76.9 Å². The van der Waals surface area contributed by atoms with Gasteiger partial charge in [-0.1, -0.05) is 140 Å². The van der Waals surface area contributed by atoms with Crippen molar-refractivity contribution in [3.63, 3.8) is 0 Å². The smallest absolute Gasteiger partial charge is 0.164 e. The molecule has 0 fully saturated rings. The van der Waals surface area contributed by atoms with Gasteiger partial charge in [0.05, 0.1) is 11.0 Å². The number of aromatic nitrogens is 4. The van der Waals surface area contributed by atoms with Crippen LogP contribution in [0.2, 0.25) is 0 Å². The second-order valence-electron chi connectivity index (χ2n) is 14.0. The minimum atomic E-state index is 0.598. The lowest BCUT2D eigenvalue weighted by Crippen LogP contribution is -2.00. The normalized spacial score (nSPS) is 11.6. The van der Waals surface area contributed by atoms with Crippen LogP contribution in [0.1, 0.15) is 0 Å². The Hall–Kier alpha value is -7.63. The number of fused-ring (bicyclic) bond motifs is 6. The molecule has 0 amide bonds. The third kappa shape index (κ3) is 5.37. The molecule has 0 aliphatic carbocycles. The summed E-state index contributed by atoms with van der Waals surface area (Å²) in [7, 11) is 0. The van der Waals surface area contributed by atoms with Crippen LogP contribution in [0.4, 0.5) is 0 Å². The highest BCUT2D eigenvalue weighted by molar-refractivity contribution is 6.14. The Kier molecular flexibility index (Phi) is 7.42. The molecular weight excluding hydrogens is 685 g/mol. The molecule has 0 N–H and O–H groups in total. The zero-order valence-corrected chi connectivity index (χ0v) is 30.2. The first kappa shape index (κ1) is 31.9. The van der Waals surface area contributed by atoms with Gasteiger partial charge in [0.15, 0.2) is 17.5 Å². The van der Waals surface area contributed by atoms with Gasteiger partial charge in [-0.15, -0.1) is 0 Å². The molecule has 0 spiro atoms. The van der Waals surface area contributed by atoms with E-state index in [4.69, 9.17) is 19.4 Å². The van der Waals surface area contributed by atoms with Crippen LogP contribution in [0, 0.1) is 0 Å². The molecule has 56 heavy (non-hydrogen) atoms. The molecule has 11 rings (SSSR count). The maximum atomic E-state index is 6.50. The Morgan fingerprint density at radius 2 is 0.821 bits per heavy atom. The van der Waals surface area contributed by atoms with Gasteiger partial charge in [-0.3, -0.25) is 0 Å². The van der Waals surface area contributed by atoms with Crippen LogP contribution in [0.5, 0.6) is 0 Å². The topological polar surface area (TPSA) is 56.7 Å². The molecule has 11 aromatic rings. The third-order valence-corrected chi connectivity index (χ3v) is 10.7. The molecule has 5 nitrogen and oxygen atoms in total. The van der Waals surface area contributed by atoms with Crippen molar-refractivity contribution in [3.8, 4) is 62.1 Å².